The number of sulfonamides is 1. The standard InChI is InChI=1S/C17H13F5N2O2S/c18-16(19)7-13(10-1-4-12(5-2-10)27(23,25)26)14(8-16)11-3-6-15(24-9-11)17(20,21)22/h1-6,9H,7-8H2,(H2,23,25,26). The van der Waals surface area contributed by atoms with E-state index in [9.17, 15) is 30.4 Å². The van der Waals surface area contributed by atoms with Gasteiger partial charge in [-0.2, -0.15) is 13.2 Å². The summed E-state index contributed by atoms with van der Waals surface area (Å²) >= 11 is 0. The maximum absolute atomic E-state index is 14.0. The summed E-state index contributed by atoms with van der Waals surface area (Å²) in [6, 6.07) is 6.90. The molecule has 1 aromatic carbocycles. The molecule has 2 aromatic rings. The summed E-state index contributed by atoms with van der Waals surface area (Å²) in [6.45, 7) is 0. The van der Waals surface area contributed by atoms with Gasteiger partial charge in [0.25, 0.3) is 5.92 Å². The third kappa shape index (κ3) is 4.16. The van der Waals surface area contributed by atoms with Crippen LogP contribution in [0.4, 0.5) is 22.0 Å². The van der Waals surface area contributed by atoms with Crippen molar-refractivity contribution in [2.24, 2.45) is 5.14 Å². The fourth-order valence-electron chi connectivity index (χ4n) is 2.93. The number of pyridine rings is 1. The molecule has 1 aromatic heterocycles. The lowest BCUT2D eigenvalue weighted by Crippen LogP contribution is -2.12. The molecule has 0 fully saturated rings. The minimum absolute atomic E-state index is 0.158. The smallest absolute Gasteiger partial charge is 0.251 e. The molecule has 1 heterocycles. The number of rotatable bonds is 3. The molecule has 0 unspecified atom stereocenters. The quantitative estimate of drug-likeness (QED) is 0.784. The molecule has 1 aliphatic rings. The van der Waals surface area contributed by atoms with E-state index in [1.165, 1.54) is 24.3 Å². The number of alkyl halides is 5. The zero-order chi connectivity index (χ0) is 20.0. The van der Waals surface area contributed by atoms with Crippen molar-refractivity contribution in [1.82, 2.24) is 4.98 Å². The van der Waals surface area contributed by atoms with Crippen LogP contribution in [0.1, 0.15) is 29.7 Å². The van der Waals surface area contributed by atoms with E-state index in [4.69, 9.17) is 5.14 Å². The first-order valence-electron chi connectivity index (χ1n) is 7.63. The summed E-state index contributed by atoms with van der Waals surface area (Å²) in [7, 11) is -3.93. The molecule has 0 bridgehead atoms. The molecule has 4 nitrogen and oxygen atoms in total. The fraction of sp³-hybridized carbons (Fsp3) is 0.235. The van der Waals surface area contributed by atoms with Crippen molar-refractivity contribution in [3.8, 4) is 0 Å². The molecule has 0 spiro atoms. The minimum atomic E-state index is -4.63. The Morgan fingerprint density at radius 3 is 1.89 bits per heavy atom. The molecule has 27 heavy (non-hydrogen) atoms. The van der Waals surface area contributed by atoms with E-state index in [-0.39, 0.29) is 21.6 Å². The van der Waals surface area contributed by atoms with E-state index in [0.29, 0.717) is 5.56 Å². The van der Waals surface area contributed by atoms with Crippen LogP contribution in [0.15, 0.2) is 47.5 Å². The van der Waals surface area contributed by atoms with Crippen LogP contribution in [0.5, 0.6) is 0 Å². The lowest BCUT2D eigenvalue weighted by molar-refractivity contribution is -0.141. The summed E-state index contributed by atoms with van der Waals surface area (Å²) in [5.41, 5.74) is -0.219. The van der Waals surface area contributed by atoms with Gasteiger partial charge in [0, 0.05) is 19.0 Å². The molecular weight excluding hydrogens is 391 g/mol. The monoisotopic (exact) mass is 404 g/mol. The number of aromatic nitrogens is 1. The van der Waals surface area contributed by atoms with E-state index in [2.05, 4.69) is 4.98 Å². The summed E-state index contributed by atoms with van der Waals surface area (Å²) < 4.78 is 88.5. The molecule has 144 valence electrons. The molecule has 0 aliphatic heterocycles. The van der Waals surface area contributed by atoms with Crippen LogP contribution < -0.4 is 5.14 Å². The van der Waals surface area contributed by atoms with Crippen molar-refractivity contribution in [2.45, 2.75) is 29.8 Å². The van der Waals surface area contributed by atoms with Crippen LogP contribution in [0.3, 0.4) is 0 Å². The van der Waals surface area contributed by atoms with Crippen LogP contribution in [-0.4, -0.2) is 19.3 Å². The first-order valence-corrected chi connectivity index (χ1v) is 9.18. The number of hydrogen-bond acceptors (Lipinski definition) is 3. The molecule has 0 radical (unpaired) electrons. The van der Waals surface area contributed by atoms with E-state index in [1.54, 1.807) is 0 Å². The highest BCUT2D eigenvalue weighted by Crippen LogP contribution is 2.48. The largest absolute Gasteiger partial charge is 0.433 e. The number of hydrogen-bond donors (Lipinski definition) is 1. The average molecular weight is 404 g/mol. The zero-order valence-corrected chi connectivity index (χ0v) is 14.4. The van der Waals surface area contributed by atoms with E-state index in [1.807, 2.05) is 0 Å². The SMILES string of the molecule is NS(=O)(=O)c1ccc(C2=C(c3ccc(C(F)(F)F)nc3)CC(F)(F)C2)cc1. The van der Waals surface area contributed by atoms with Crippen LogP contribution in [-0.2, 0) is 16.2 Å². The highest BCUT2D eigenvalue weighted by Gasteiger charge is 2.40. The van der Waals surface area contributed by atoms with Gasteiger partial charge in [-0.05, 0) is 40.5 Å². The van der Waals surface area contributed by atoms with Gasteiger partial charge in [-0.15, -0.1) is 0 Å². The first kappa shape index (κ1) is 19.4. The summed E-state index contributed by atoms with van der Waals surface area (Å²) in [4.78, 5) is 3.15. The molecule has 0 atom stereocenters. The van der Waals surface area contributed by atoms with Gasteiger partial charge >= 0.3 is 6.18 Å². The van der Waals surface area contributed by atoms with Gasteiger partial charge in [0.2, 0.25) is 10.0 Å². The van der Waals surface area contributed by atoms with Gasteiger partial charge in [0.05, 0.1) is 4.90 Å². The van der Waals surface area contributed by atoms with Gasteiger partial charge in [0.15, 0.2) is 0 Å². The molecule has 3 rings (SSSR count). The Bertz CT molecular complexity index is 995. The number of allylic oxidation sites excluding steroid dienone is 2. The van der Waals surface area contributed by atoms with Gasteiger partial charge in [-0.1, -0.05) is 18.2 Å². The molecule has 0 saturated heterocycles. The molecule has 2 N–H and O–H groups in total. The maximum Gasteiger partial charge on any atom is 0.433 e. The second kappa shape index (κ2) is 6.38. The molecular formula is C17H13F5N2O2S. The summed E-state index contributed by atoms with van der Waals surface area (Å²) in [5.74, 6) is -3.06. The lowest BCUT2D eigenvalue weighted by Gasteiger charge is -2.10. The van der Waals surface area contributed by atoms with Gasteiger partial charge in [-0.3, -0.25) is 4.98 Å². The second-order valence-corrected chi connectivity index (χ2v) is 7.73. The third-order valence-corrected chi connectivity index (χ3v) is 5.10. The highest BCUT2D eigenvalue weighted by atomic mass is 32.2. The Morgan fingerprint density at radius 2 is 1.44 bits per heavy atom. The Labute approximate surface area is 151 Å². The van der Waals surface area contributed by atoms with Gasteiger partial charge < -0.3 is 0 Å². The van der Waals surface area contributed by atoms with E-state index in [0.717, 1.165) is 18.3 Å². The first-order chi connectivity index (χ1) is 12.4. The van der Waals surface area contributed by atoms with Crippen LogP contribution >= 0.6 is 0 Å². The normalized spacial score (nSPS) is 17.4. The Kier molecular flexibility index (Phi) is 4.59. The van der Waals surface area contributed by atoms with Crippen LogP contribution in [0, 0.1) is 0 Å². The van der Waals surface area contributed by atoms with Gasteiger partial charge in [-0.25, -0.2) is 22.3 Å². The summed E-state index contributed by atoms with van der Waals surface area (Å²) in [6.07, 6.45) is -4.97. The topological polar surface area (TPSA) is 73.1 Å². The predicted molar refractivity (Wildman–Crippen MR) is 88.0 cm³/mol. The fourth-order valence-corrected chi connectivity index (χ4v) is 3.45. The molecule has 0 amide bonds. The van der Waals surface area contributed by atoms with Crippen LogP contribution in [0.25, 0.3) is 11.1 Å². The molecule has 1 aliphatic carbocycles. The predicted octanol–water partition coefficient (Wildman–Crippen LogP) is 4.09. The van der Waals surface area contributed by atoms with E-state index >= 15 is 0 Å². The Hall–Kier alpha value is -2.33. The Balaban J connectivity index is 2.04. The van der Waals surface area contributed by atoms with Crippen molar-refractivity contribution in [3.05, 3.63) is 59.4 Å². The van der Waals surface area contributed by atoms with Crippen LogP contribution in [0.2, 0.25) is 0 Å². The van der Waals surface area contributed by atoms with Crippen molar-refractivity contribution < 1.29 is 30.4 Å². The molecule has 10 heteroatoms. The molecule has 0 saturated carbocycles. The number of nitrogens with zero attached hydrogens (tertiary/aromatic N) is 1. The highest BCUT2D eigenvalue weighted by molar-refractivity contribution is 7.89. The third-order valence-electron chi connectivity index (χ3n) is 4.17. The number of halogens is 5. The van der Waals surface area contributed by atoms with Gasteiger partial charge in [0.1, 0.15) is 5.69 Å². The minimum Gasteiger partial charge on any atom is -0.251 e. The number of primary sulfonamides is 1. The van der Waals surface area contributed by atoms with Crippen molar-refractivity contribution in [2.75, 3.05) is 0 Å². The van der Waals surface area contributed by atoms with Crippen molar-refractivity contribution in [3.63, 3.8) is 0 Å². The Morgan fingerprint density at radius 1 is 0.926 bits per heavy atom. The maximum atomic E-state index is 14.0. The summed E-state index contributed by atoms with van der Waals surface area (Å²) in [5, 5.41) is 5.01. The number of nitrogens with two attached hydrogens (primary N) is 1. The zero-order valence-electron chi connectivity index (χ0n) is 13.6. The average Bonchev–Trinajstić information content (AvgIpc) is 2.89. The van der Waals surface area contributed by atoms with Crippen molar-refractivity contribution >= 4 is 21.2 Å². The lowest BCUT2D eigenvalue weighted by atomic mass is 9.98. The second-order valence-electron chi connectivity index (χ2n) is 6.17. The van der Waals surface area contributed by atoms with Crippen molar-refractivity contribution in [1.29, 1.82) is 0 Å². The number of benzene rings is 1. The van der Waals surface area contributed by atoms with E-state index < -0.39 is 40.7 Å².